The second-order valence-electron chi connectivity index (χ2n) is 8.18. The number of rotatable bonds is 4. The predicted molar refractivity (Wildman–Crippen MR) is 119 cm³/mol. The van der Waals surface area contributed by atoms with Gasteiger partial charge < -0.3 is 14.8 Å². The van der Waals surface area contributed by atoms with Gasteiger partial charge in [-0.15, -0.1) is 0 Å². The van der Waals surface area contributed by atoms with Crippen molar-refractivity contribution in [3.63, 3.8) is 0 Å². The summed E-state index contributed by atoms with van der Waals surface area (Å²) in [4.78, 5) is 37.2. The number of likely N-dealkylation sites (tertiary alicyclic amines) is 1. The van der Waals surface area contributed by atoms with Crippen molar-refractivity contribution in [2.75, 3.05) is 25.0 Å². The van der Waals surface area contributed by atoms with Crippen molar-refractivity contribution in [2.45, 2.75) is 25.8 Å². The highest BCUT2D eigenvalue weighted by atomic mass is 16.2. The van der Waals surface area contributed by atoms with Crippen LogP contribution in [0.15, 0.2) is 37.2 Å². The number of H-pyrrole nitrogens is 1. The third-order valence-electron chi connectivity index (χ3n) is 6.35. The van der Waals surface area contributed by atoms with Crippen molar-refractivity contribution >= 4 is 33.8 Å². The molecule has 5 rings (SSSR count). The number of carbonyl (C=O) groups is 1. The Hall–Kier alpha value is -4.00. The number of nitriles is 1. The normalized spacial score (nSPS) is 18.7. The SMILES string of the molecule is C[C@@H]1CCN(C(=O)CC#N)C[C@@H]1N(C)c1ncnc2c1ccn2-c1ncnc2[nH]ccc12. The molecule has 0 aliphatic carbocycles. The molecule has 10 nitrogen and oxygen atoms in total. The number of aromatic amines is 1. The van der Waals surface area contributed by atoms with Crippen LogP contribution in [0.5, 0.6) is 0 Å². The highest BCUT2D eigenvalue weighted by Gasteiger charge is 2.32. The van der Waals surface area contributed by atoms with Crippen molar-refractivity contribution in [3.8, 4) is 11.9 Å². The Labute approximate surface area is 184 Å². The standard InChI is InChI=1S/C22H23N9O/c1-14-5-9-30(18(32)3-7-23)11-17(14)29(2)20-16-6-10-31(22(16)28-13-26-20)21-15-4-8-24-19(15)25-12-27-21/h4,6,8,10,12-14,17H,3,5,9,11H2,1-2H3,(H,24,25,27)/t14-,17+/m1/s1. The smallest absolute Gasteiger partial charge is 0.236 e. The Balaban J connectivity index is 1.52. The molecule has 0 aromatic carbocycles. The second-order valence-corrected chi connectivity index (χ2v) is 8.18. The molecular weight excluding hydrogens is 406 g/mol. The van der Waals surface area contributed by atoms with E-state index in [0.29, 0.717) is 19.0 Å². The molecule has 4 aromatic rings. The van der Waals surface area contributed by atoms with Gasteiger partial charge in [-0.1, -0.05) is 6.92 Å². The maximum atomic E-state index is 12.3. The Morgan fingerprint density at radius 2 is 2.09 bits per heavy atom. The van der Waals surface area contributed by atoms with E-state index in [1.807, 2.05) is 42.2 Å². The molecule has 10 heteroatoms. The molecule has 1 amide bonds. The fraction of sp³-hybridized carbons (Fsp3) is 0.364. The number of likely N-dealkylation sites (N-methyl/N-ethyl adjacent to an activating group) is 1. The van der Waals surface area contributed by atoms with Gasteiger partial charge in [-0.2, -0.15) is 5.26 Å². The number of nitrogens with zero attached hydrogens (tertiary/aromatic N) is 8. The highest BCUT2D eigenvalue weighted by molar-refractivity contribution is 5.91. The Bertz CT molecular complexity index is 1330. The van der Waals surface area contributed by atoms with Gasteiger partial charge in [0.1, 0.15) is 30.5 Å². The fourth-order valence-electron chi connectivity index (χ4n) is 4.56. The van der Waals surface area contributed by atoms with E-state index in [1.54, 1.807) is 11.2 Å². The van der Waals surface area contributed by atoms with Crippen LogP contribution in [-0.2, 0) is 4.79 Å². The van der Waals surface area contributed by atoms with Crippen molar-refractivity contribution in [2.24, 2.45) is 5.92 Å². The fourth-order valence-corrected chi connectivity index (χ4v) is 4.56. The number of carbonyl (C=O) groups excluding carboxylic acids is 1. The molecule has 1 fully saturated rings. The lowest BCUT2D eigenvalue weighted by molar-refractivity contribution is -0.131. The molecule has 1 N–H and O–H groups in total. The molecule has 32 heavy (non-hydrogen) atoms. The summed E-state index contributed by atoms with van der Waals surface area (Å²) in [5, 5.41) is 10.7. The van der Waals surface area contributed by atoms with Crippen molar-refractivity contribution in [3.05, 3.63) is 37.2 Å². The van der Waals surface area contributed by atoms with Gasteiger partial charge in [0.25, 0.3) is 0 Å². The van der Waals surface area contributed by atoms with E-state index in [4.69, 9.17) is 5.26 Å². The molecule has 1 aliphatic heterocycles. The number of piperidine rings is 1. The lowest BCUT2D eigenvalue weighted by Gasteiger charge is -2.42. The average Bonchev–Trinajstić information content (AvgIpc) is 3.46. The number of amides is 1. The topological polar surface area (TPSA) is 120 Å². The van der Waals surface area contributed by atoms with Gasteiger partial charge in [-0.05, 0) is 24.5 Å². The molecule has 0 unspecified atom stereocenters. The Morgan fingerprint density at radius 3 is 2.94 bits per heavy atom. The van der Waals surface area contributed by atoms with Gasteiger partial charge in [0.05, 0.1) is 22.9 Å². The summed E-state index contributed by atoms with van der Waals surface area (Å²) in [5.74, 6) is 1.81. The first-order valence-electron chi connectivity index (χ1n) is 10.6. The first-order valence-corrected chi connectivity index (χ1v) is 10.6. The number of anilines is 1. The summed E-state index contributed by atoms with van der Waals surface area (Å²) in [5.41, 5.74) is 1.52. The number of aromatic nitrogens is 6. The van der Waals surface area contributed by atoms with E-state index in [-0.39, 0.29) is 18.4 Å². The van der Waals surface area contributed by atoms with Crippen LogP contribution in [-0.4, -0.2) is 66.5 Å². The van der Waals surface area contributed by atoms with Crippen LogP contribution >= 0.6 is 0 Å². The van der Waals surface area contributed by atoms with Crippen LogP contribution in [0.4, 0.5) is 5.82 Å². The lowest BCUT2D eigenvalue weighted by Crippen LogP contribution is -2.52. The first kappa shape index (κ1) is 19.9. The summed E-state index contributed by atoms with van der Waals surface area (Å²) in [6.45, 7) is 3.45. The molecule has 1 aliphatic rings. The van der Waals surface area contributed by atoms with Crippen LogP contribution in [0.25, 0.3) is 27.9 Å². The minimum atomic E-state index is -0.115. The predicted octanol–water partition coefficient (Wildman–Crippen LogP) is 2.28. The van der Waals surface area contributed by atoms with E-state index in [0.717, 1.165) is 40.1 Å². The zero-order chi connectivity index (χ0) is 22.2. The third-order valence-corrected chi connectivity index (χ3v) is 6.35. The summed E-state index contributed by atoms with van der Waals surface area (Å²) < 4.78 is 1.94. The maximum Gasteiger partial charge on any atom is 0.236 e. The molecule has 4 aromatic heterocycles. The maximum absolute atomic E-state index is 12.3. The van der Waals surface area contributed by atoms with Crippen molar-refractivity contribution in [1.82, 2.24) is 34.4 Å². The molecule has 0 spiro atoms. The Kier molecular flexibility index (Phi) is 4.93. The van der Waals surface area contributed by atoms with Gasteiger partial charge in [0.2, 0.25) is 5.91 Å². The van der Waals surface area contributed by atoms with Gasteiger partial charge in [0, 0.05) is 32.5 Å². The van der Waals surface area contributed by atoms with E-state index in [1.165, 1.54) is 6.33 Å². The first-order chi connectivity index (χ1) is 15.6. The van der Waals surface area contributed by atoms with Crippen LogP contribution in [0.3, 0.4) is 0 Å². The zero-order valence-electron chi connectivity index (χ0n) is 17.9. The molecule has 5 heterocycles. The summed E-state index contributed by atoms with van der Waals surface area (Å²) in [7, 11) is 2.01. The Morgan fingerprint density at radius 1 is 1.25 bits per heavy atom. The minimum Gasteiger partial charge on any atom is -0.354 e. The van der Waals surface area contributed by atoms with E-state index >= 15 is 0 Å². The van der Waals surface area contributed by atoms with Crippen LogP contribution < -0.4 is 4.90 Å². The van der Waals surface area contributed by atoms with E-state index < -0.39 is 0 Å². The van der Waals surface area contributed by atoms with Crippen LogP contribution in [0.1, 0.15) is 19.8 Å². The summed E-state index contributed by atoms with van der Waals surface area (Å²) >= 11 is 0. The molecule has 2 atom stereocenters. The van der Waals surface area contributed by atoms with Crippen molar-refractivity contribution in [1.29, 1.82) is 5.26 Å². The zero-order valence-corrected chi connectivity index (χ0v) is 17.9. The second kappa shape index (κ2) is 7.92. The van der Waals surface area contributed by atoms with Gasteiger partial charge in [-0.25, -0.2) is 19.9 Å². The summed E-state index contributed by atoms with van der Waals surface area (Å²) in [6, 6.07) is 5.99. The minimum absolute atomic E-state index is 0.0853. The molecule has 162 valence electrons. The van der Waals surface area contributed by atoms with Crippen molar-refractivity contribution < 1.29 is 4.79 Å². The van der Waals surface area contributed by atoms with E-state index in [2.05, 4.69) is 36.7 Å². The number of hydrogen-bond donors (Lipinski definition) is 1. The average molecular weight is 429 g/mol. The molecule has 0 radical (unpaired) electrons. The summed E-state index contributed by atoms with van der Waals surface area (Å²) in [6.07, 6.45) is 7.67. The molecular formula is C22H23N9O. The number of nitrogens with one attached hydrogen (secondary N) is 1. The van der Waals surface area contributed by atoms with Crippen LogP contribution in [0.2, 0.25) is 0 Å². The van der Waals surface area contributed by atoms with Gasteiger partial charge in [0.15, 0.2) is 11.5 Å². The molecule has 1 saturated heterocycles. The monoisotopic (exact) mass is 429 g/mol. The molecule has 0 saturated carbocycles. The number of fused-ring (bicyclic) bond motifs is 2. The lowest BCUT2D eigenvalue weighted by atomic mass is 9.92. The third kappa shape index (κ3) is 3.22. The largest absolute Gasteiger partial charge is 0.354 e. The highest BCUT2D eigenvalue weighted by Crippen LogP contribution is 2.31. The van der Waals surface area contributed by atoms with E-state index in [9.17, 15) is 4.79 Å². The number of hydrogen-bond acceptors (Lipinski definition) is 7. The van der Waals surface area contributed by atoms with Crippen LogP contribution in [0, 0.1) is 17.2 Å². The quantitative estimate of drug-likeness (QED) is 0.528. The van der Waals surface area contributed by atoms with Gasteiger partial charge in [-0.3, -0.25) is 9.36 Å². The van der Waals surface area contributed by atoms with Gasteiger partial charge >= 0.3 is 0 Å². The molecule has 0 bridgehead atoms.